The predicted molar refractivity (Wildman–Crippen MR) is 143 cm³/mol. The fourth-order valence-corrected chi connectivity index (χ4v) is 5.63. The monoisotopic (exact) mass is 566 g/mol. The molecule has 1 unspecified atom stereocenters. The van der Waals surface area contributed by atoms with Crippen molar-refractivity contribution < 1.29 is 32.2 Å². The van der Waals surface area contributed by atoms with E-state index in [0.29, 0.717) is 43.1 Å². The van der Waals surface area contributed by atoms with E-state index in [1.807, 2.05) is 13.0 Å². The van der Waals surface area contributed by atoms with Gasteiger partial charge in [0.1, 0.15) is 0 Å². The van der Waals surface area contributed by atoms with Crippen molar-refractivity contribution >= 4 is 28.8 Å². The Balaban J connectivity index is 1.66. The molecular weight excluding hydrogens is 533 g/mol. The third-order valence-corrected chi connectivity index (χ3v) is 7.45. The smallest absolute Gasteiger partial charge is 0.434 e. The Bertz CT molecular complexity index is 1210. The molecule has 0 bridgehead atoms. The first-order chi connectivity index (χ1) is 18.5. The van der Waals surface area contributed by atoms with Gasteiger partial charge < -0.3 is 19.7 Å². The number of amidine groups is 1. The zero-order valence-corrected chi connectivity index (χ0v) is 23.2. The number of morpholine rings is 1. The number of halogens is 3. The number of carbonyl (C=O) groups excluding carboxylic acids is 2. The molecule has 1 aromatic rings. The molecule has 3 aliphatic rings. The number of nitrogens with zero attached hydrogens (tertiary/aromatic N) is 3. The molecule has 0 spiro atoms. The van der Waals surface area contributed by atoms with Gasteiger partial charge in [0.2, 0.25) is 5.91 Å². The maximum absolute atomic E-state index is 14.3. The summed E-state index contributed by atoms with van der Waals surface area (Å²) >= 11 is 1.00. The molecule has 4 rings (SSSR count). The molecule has 1 amide bonds. The molecule has 0 saturated carbocycles. The topological polar surface area (TPSA) is 83.5 Å². The number of aliphatic imine (C=N–C) groups is 1. The van der Waals surface area contributed by atoms with Gasteiger partial charge in [-0.1, -0.05) is 35.5 Å². The largest absolute Gasteiger partial charge is 0.459 e. The zero-order chi connectivity index (χ0) is 28.3. The molecule has 1 saturated heterocycles. The van der Waals surface area contributed by atoms with Crippen molar-refractivity contribution in [1.29, 1.82) is 0 Å². The minimum Gasteiger partial charge on any atom is -0.459 e. The summed E-state index contributed by atoms with van der Waals surface area (Å²) in [7, 11) is 0. The first kappa shape index (κ1) is 29.2. The van der Waals surface area contributed by atoms with Crippen LogP contribution in [0.15, 0.2) is 45.6 Å². The standard InChI is InChI=1S/C27H33F3N4O4S/c1-16(2)38-25(36)22-23(20-13-17(3)5-6-18(20)4)34-19(15-39-26(34)32-24(22)27(28,29)30)14-21(35)31-7-8-33-9-11-37-12-10-33/h5-6,13,15-16,23H,7-12,14H2,1-4H3,(H,31,35). The quantitative estimate of drug-likeness (QED) is 0.472. The van der Waals surface area contributed by atoms with Crippen LogP contribution in [0.4, 0.5) is 13.2 Å². The van der Waals surface area contributed by atoms with Gasteiger partial charge in [0, 0.05) is 31.9 Å². The number of thioether (sulfide) groups is 1. The summed E-state index contributed by atoms with van der Waals surface area (Å²) in [4.78, 5) is 33.8. The van der Waals surface area contributed by atoms with Crippen molar-refractivity contribution in [2.75, 3.05) is 39.4 Å². The van der Waals surface area contributed by atoms with Crippen LogP contribution in [-0.4, -0.2) is 78.5 Å². The van der Waals surface area contributed by atoms with Crippen LogP contribution in [0.3, 0.4) is 0 Å². The summed E-state index contributed by atoms with van der Waals surface area (Å²) in [6, 6.07) is 4.26. The lowest BCUT2D eigenvalue weighted by Gasteiger charge is -2.38. The van der Waals surface area contributed by atoms with Crippen molar-refractivity contribution in [3.63, 3.8) is 0 Å². The molecule has 39 heavy (non-hydrogen) atoms. The van der Waals surface area contributed by atoms with Gasteiger partial charge in [-0.2, -0.15) is 13.2 Å². The van der Waals surface area contributed by atoms with Crippen molar-refractivity contribution in [2.45, 2.75) is 52.4 Å². The highest BCUT2D eigenvalue weighted by Crippen LogP contribution is 2.48. The second-order valence-corrected chi connectivity index (χ2v) is 10.8. The SMILES string of the molecule is Cc1ccc(C)c(C2C(C(=O)OC(C)C)=C(C(F)(F)F)N=C3SC=C(CC(=O)NCCN4CCOCC4)N32)c1. The number of hydrogen-bond acceptors (Lipinski definition) is 8. The lowest BCUT2D eigenvalue weighted by molar-refractivity contribution is -0.145. The molecule has 1 atom stereocenters. The first-order valence-corrected chi connectivity index (χ1v) is 13.7. The Morgan fingerprint density at radius 2 is 1.95 bits per heavy atom. The van der Waals surface area contributed by atoms with Crippen molar-refractivity contribution in [3.8, 4) is 0 Å². The number of esters is 1. The Morgan fingerprint density at radius 3 is 2.62 bits per heavy atom. The van der Waals surface area contributed by atoms with Crippen molar-refractivity contribution in [1.82, 2.24) is 15.1 Å². The highest BCUT2D eigenvalue weighted by Gasteiger charge is 2.49. The number of alkyl halides is 3. The normalized spacial score (nSPS) is 20.1. The number of amides is 1. The summed E-state index contributed by atoms with van der Waals surface area (Å²) in [5.41, 5.74) is 0.639. The van der Waals surface area contributed by atoms with Crippen LogP contribution in [0.2, 0.25) is 0 Å². The highest BCUT2D eigenvalue weighted by atomic mass is 32.2. The number of fused-ring (bicyclic) bond motifs is 1. The van der Waals surface area contributed by atoms with Crippen LogP contribution in [0.25, 0.3) is 0 Å². The highest BCUT2D eigenvalue weighted by molar-refractivity contribution is 8.16. The van der Waals surface area contributed by atoms with Crippen LogP contribution in [0, 0.1) is 13.8 Å². The third kappa shape index (κ3) is 6.85. The average molecular weight is 567 g/mol. The minimum atomic E-state index is -4.89. The molecule has 212 valence electrons. The number of carbonyl (C=O) groups is 2. The molecule has 0 radical (unpaired) electrons. The lowest BCUT2D eigenvalue weighted by atomic mass is 9.89. The number of allylic oxidation sites excluding steroid dienone is 1. The first-order valence-electron chi connectivity index (χ1n) is 12.9. The van der Waals surface area contributed by atoms with Crippen LogP contribution >= 0.6 is 11.8 Å². The molecule has 0 aliphatic carbocycles. The van der Waals surface area contributed by atoms with E-state index in [-0.39, 0.29) is 17.5 Å². The van der Waals surface area contributed by atoms with Gasteiger partial charge in [0.25, 0.3) is 0 Å². The van der Waals surface area contributed by atoms with E-state index in [1.165, 1.54) is 0 Å². The fraction of sp³-hybridized carbons (Fsp3) is 0.519. The van der Waals surface area contributed by atoms with Gasteiger partial charge >= 0.3 is 12.1 Å². The van der Waals surface area contributed by atoms with E-state index < -0.39 is 35.6 Å². The lowest BCUT2D eigenvalue weighted by Crippen LogP contribution is -2.42. The fourth-order valence-electron chi connectivity index (χ4n) is 4.71. The molecule has 1 aromatic carbocycles. The number of nitrogens with one attached hydrogen (secondary N) is 1. The number of hydrogen-bond donors (Lipinski definition) is 1. The summed E-state index contributed by atoms with van der Waals surface area (Å²) < 4.78 is 53.6. The van der Waals surface area contributed by atoms with E-state index in [1.54, 1.807) is 43.2 Å². The van der Waals surface area contributed by atoms with Crippen molar-refractivity contribution in [2.24, 2.45) is 4.99 Å². The molecule has 3 heterocycles. The van der Waals surface area contributed by atoms with E-state index >= 15 is 0 Å². The number of aryl methyl sites for hydroxylation is 2. The van der Waals surface area contributed by atoms with Gasteiger partial charge in [0.05, 0.1) is 37.4 Å². The second kappa shape index (κ2) is 12.1. The van der Waals surface area contributed by atoms with E-state index in [9.17, 15) is 22.8 Å². The molecule has 8 nitrogen and oxygen atoms in total. The van der Waals surface area contributed by atoms with E-state index in [4.69, 9.17) is 9.47 Å². The second-order valence-electron chi connectivity index (χ2n) is 9.95. The van der Waals surface area contributed by atoms with Crippen LogP contribution in [0.1, 0.15) is 43.0 Å². The Labute approximate surface area is 230 Å². The van der Waals surface area contributed by atoms with Gasteiger partial charge in [0.15, 0.2) is 10.9 Å². The minimum absolute atomic E-state index is 0.0606. The molecule has 1 fully saturated rings. The number of rotatable bonds is 8. The maximum Gasteiger partial charge on any atom is 0.434 e. The summed E-state index contributed by atoms with van der Waals surface area (Å²) in [5, 5.41) is 4.59. The summed E-state index contributed by atoms with van der Waals surface area (Å²) in [6.07, 6.45) is -5.60. The molecule has 0 aromatic heterocycles. The van der Waals surface area contributed by atoms with E-state index in [2.05, 4.69) is 15.2 Å². The number of ether oxygens (including phenoxy) is 2. The average Bonchev–Trinajstić information content (AvgIpc) is 3.26. The van der Waals surface area contributed by atoms with Gasteiger partial charge in [-0.25, -0.2) is 9.79 Å². The van der Waals surface area contributed by atoms with Crippen LogP contribution < -0.4 is 5.32 Å². The Morgan fingerprint density at radius 1 is 1.23 bits per heavy atom. The maximum atomic E-state index is 14.3. The Kier molecular flexibility index (Phi) is 9.07. The summed E-state index contributed by atoms with van der Waals surface area (Å²) in [5.74, 6) is -1.36. The van der Waals surface area contributed by atoms with Gasteiger partial charge in [-0.3, -0.25) is 9.69 Å². The third-order valence-electron chi connectivity index (χ3n) is 6.57. The van der Waals surface area contributed by atoms with Crippen molar-refractivity contribution in [3.05, 3.63) is 57.3 Å². The zero-order valence-electron chi connectivity index (χ0n) is 22.4. The summed E-state index contributed by atoms with van der Waals surface area (Å²) in [6.45, 7) is 10.8. The molecule has 12 heteroatoms. The molecule has 3 aliphatic heterocycles. The Hall–Kier alpha value is -2.83. The van der Waals surface area contributed by atoms with Crippen LogP contribution in [-0.2, 0) is 19.1 Å². The predicted octanol–water partition coefficient (Wildman–Crippen LogP) is 4.21. The van der Waals surface area contributed by atoms with E-state index in [0.717, 1.165) is 30.4 Å². The van der Waals surface area contributed by atoms with Crippen LogP contribution in [0.5, 0.6) is 0 Å². The molecule has 1 N–H and O–H groups in total. The molecular formula is C27H33F3N4O4S. The van der Waals surface area contributed by atoms with Gasteiger partial charge in [-0.15, -0.1) is 0 Å². The van der Waals surface area contributed by atoms with Gasteiger partial charge in [-0.05, 0) is 44.2 Å². The number of benzene rings is 1.